The summed E-state index contributed by atoms with van der Waals surface area (Å²) in [6.45, 7) is 4.14. The van der Waals surface area contributed by atoms with Gasteiger partial charge in [-0.25, -0.2) is 9.37 Å². The molecule has 0 spiro atoms. The number of aliphatic imine (C=N–C) groups is 1. The Balaban J connectivity index is 0.00000300. The molecule has 0 aliphatic heterocycles. The van der Waals surface area contributed by atoms with E-state index >= 15 is 0 Å². The molecule has 0 atom stereocenters. The van der Waals surface area contributed by atoms with E-state index in [0.29, 0.717) is 6.54 Å². The van der Waals surface area contributed by atoms with E-state index < -0.39 is 0 Å². The first-order valence-electron chi connectivity index (χ1n) is 9.25. The molecule has 2 N–H and O–H groups in total. The molecule has 5 nitrogen and oxygen atoms in total. The zero-order valence-electron chi connectivity index (χ0n) is 16.9. The normalized spacial score (nSPS) is 11.4. The number of nitrogens with zero attached hydrogens (tertiary/aromatic N) is 3. The summed E-state index contributed by atoms with van der Waals surface area (Å²) in [5.74, 6) is 2.31. The number of aryl methyl sites for hydroxylation is 1. The number of rotatable bonds is 7. The number of para-hydroxylation sites is 2. The van der Waals surface area contributed by atoms with Crippen molar-refractivity contribution in [1.82, 2.24) is 20.2 Å². The molecule has 0 fully saturated rings. The molecule has 8 heteroatoms. The SMILES string of the molecule is CN=C(NCCn1c(C)nc2ccccc21)NCc1ccc(F)cc1CSC.I. The van der Waals surface area contributed by atoms with Crippen molar-refractivity contribution < 1.29 is 4.39 Å². The molecule has 0 saturated heterocycles. The third kappa shape index (κ3) is 6.08. The van der Waals surface area contributed by atoms with Crippen LogP contribution in [-0.4, -0.2) is 35.4 Å². The second-order valence-electron chi connectivity index (χ2n) is 6.50. The summed E-state index contributed by atoms with van der Waals surface area (Å²) < 4.78 is 15.7. The van der Waals surface area contributed by atoms with Crippen LogP contribution in [0.4, 0.5) is 4.39 Å². The fraction of sp³-hybridized carbons (Fsp3) is 0.333. The van der Waals surface area contributed by atoms with E-state index in [4.69, 9.17) is 0 Å². The van der Waals surface area contributed by atoms with Crippen molar-refractivity contribution in [3.8, 4) is 0 Å². The van der Waals surface area contributed by atoms with Crippen LogP contribution in [0.1, 0.15) is 17.0 Å². The average Bonchev–Trinajstić information content (AvgIpc) is 3.01. The van der Waals surface area contributed by atoms with Gasteiger partial charge >= 0.3 is 0 Å². The maximum Gasteiger partial charge on any atom is 0.191 e. The molecule has 0 amide bonds. The summed E-state index contributed by atoms with van der Waals surface area (Å²) >= 11 is 1.68. The van der Waals surface area contributed by atoms with Gasteiger partial charge in [0.15, 0.2) is 5.96 Å². The van der Waals surface area contributed by atoms with Gasteiger partial charge in [-0.05, 0) is 48.6 Å². The van der Waals surface area contributed by atoms with E-state index in [2.05, 4.69) is 31.2 Å². The summed E-state index contributed by atoms with van der Waals surface area (Å²) in [7, 11) is 1.75. The van der Waals surface area contributed by atoms with Crippen LogP contribution in [-0.2, 0) is 18.8 Å². The molecule has 2 aromatic carbocycles. The summed E-state index contributed by atoms with van der Waals surface area (Å²) in [5, 5.41) is 6.66. The number of imidazole rings is 1. The van der Waals surface area contributed by atoms with Gasteiger partial charge in [0, 0.05) is 32.4 Å². The standard InChI is InChI=1S/C21H26FN5S.HI/c1-15-26-19-6-4-5-7-20(19)27(15)11-10-24-21(23-2)25-13-16-8-9-18(22)12-17(16)14-28-3;/h4-9,12H,10-11,13-14H2,1-3H3,(H2,23,24,25);1H. The zero-order valence-corrected chi connectivity index (χ0v) is 20.1. The van der Waals surface area contributed by atoms with Crippen molar-refractivity contribution in [2.45, 2.75) is 25.8 Å². The van der Waals surface area contributed by atoms with Crippen molar-refractivity contribution in [1.29, 1.82) is 0 Å². The van der Waals surface area contributed by atoms with Gasteiger partial charge < -0.3 is 15.2 Å². The molecule has 0 unspecified atom stereocenters. The van der Waals surface area contributed by atoms with Gasteiger partial charge in [-0.2, -0.15) is 11.8 Å². The highest BCUT2D eigenvalue weighted by Crippen LogP contribution is 2.17. The Morgan fingerprint density at radius 2 is 1.97 bits per heavy atom. The van der Waals surface area contributed by atoms with Crippen LogP contribution in [0.3, 0.4) is 0 Å². The first-order chi connectivity index (χ1) is 13.6. The van der Waals surface area contributed by atoms with Gasteiger partial charge in [0.1, 0.15) is 11.6 Å². The summed E-state index contributed by atoms with van der Waals surface area (Å²) in [4.78, 5) is 8.89. The Hall–Kier alpha value is -1.81. The fourth-order valence-corrected chi connectivity index (χ4v) is 3.80. The highest BCUT2D eigenvalue weighted by molar-refractivity contribution is 14.0. The number of hydrogen-bond donors (Lipinski definition) is 2. The molecule has 29 heavy (non-hydrogen) atoms. The van der Waals surface area contributed by atoms with Crippen molar-refractivity contribution in [2.75, 3.05) is 19.8 Å². The van der Waals surface area contributed by atoms with E-state index in [1.54, 1.807) is 24.9 Å². The monoisotopic (exact) mass is 527 g/mol. The van der Waals surface area contributed by atoms with Gasteiger partial charge in [0.05, 0.1) is 11.0 Å². The number of nitrogens with one attached hydrogen (secondary N) is 2. The summed E-state index contributed by atoms with van der Waals surface area (Å²) in [6.07, 6.45) is 2.02. The Morgan fingerprint density at radius 1 is 1.17 bits per heavy atom. The van der Waals surface area contributed by atoms with Gasteiger partial charge in [0.2, 0.25) is 0 Å². The van der Waals surface area contributed by atoms with Crippen molar-refractivity contribution in [2.24, 2.45) is 4.99 Å². The van der Waals surface area contributed by atoms with Crippen molar-refractivity contribution in [3.63, 3.8) is 0 Å². The van der Waals surface area contributed by atoms with E-state index in [0.717, 1.165) is 52.8 Å². The quantitative estimate of drug-likeness (QED) is 0.273. The summed E-state index contributed by atoms with van der Waals surface area (Å²) in [5.41, 5.74) is 4.24. The lowest BCUT2D eigenvalue weighted by atomic mass is 10.1. The lowest BCUT2D eigenvalue weighted by Gasteiger charge is -2.15. The largest absolute Gasteiger partial charge is 0.355 e. The first-order valence-corrected chi connectivity index (χ1v) is 10.6. The van der Waals surface area contributed by atoms with E-state index in [1.807, 2.05) is 37.4 Å². The Kier molecular flexibility index (Phi) is 9.22. The highest BCUT2D eigenvalue weighted by Gasteiger charge is 2.08. The van der Waals surface area contributed by atoms with Gasteiger partial charge in [-0.1, -0.05) is 18.2 Å². The molecule has 0 aliphatic rings. The topological polar surface area (TPSA) is 54.2 Å². The predicted molar refractivity (Wildman–Crippen MR) is 132 cm³/mol. The number of guanidine groups is 1. The first kappa shape index (κ1) is 23.5. The third-order valence-electron chi connectivity index (χ3n) is 4.61. The molecule has 156 valence electrons. The van der Waals surface area contributed by atoms with Crippen LogP contribution in [0.2, 0.25) is 0 Å². The minimum Gasteiger partial charge on any atom is -0.355 e. The van der Waals surface area contributed by atoms with Crippen LogP contribution in [0.5, 0.6) is 0 Å². The van der Waals surface area contributed by atoms with E-state index in [-0.39, 0.29) is 29.8 Å². The molecule has 1 heterocycles. The average molecular weight is 527 g/mol. The van der Waals surface area contributed by atoms with Crippen LogP contribution >= 0.6 is 35.7 Å². The second kappa shape index (κ2) is 11.4. The number of fused-ring (bicyclic) bond motifs is 1. The van der Waals surface area contributed by atoms with Crippen molar-refractivity contribution in [3.05, 3.63) is 65.2 Å². The molecule has 0 saturated carbocycles. The predicted octanol–water partition coefficient (Wildman–Crippen LogP) is 4.33. The number of aromatic nitrogens is 2. The molecule has 0 radical (unpaired) electrons. The van der Waals surface area contributed by atoms with E-state index in [1.165, 1.54) is 6.07 Å². The lowest BCUT2D eigenvalue weighted by molar-refractivity contribution is 0.624. The zero-order chi connectivity index (χ0) is 19.9. The van der Waals surface area contributed by atoms with Gasteiger partial charge in [0.25, 0.3) is 0 Å². The number of halogens is 2. The maximum absolute atomic E-state index is 13.5. The number of thioether (sulfide) groups is 1. The fourth-order valence-electron chi connectivity index (χ4n) is 3.22. The van der Waals surface area contributed by atoms with Gasteiger partial charge in [-0.3, -0.25) is 4.99 Å². The molecule has 3 aromatic rings. The molecular weight excluding hydrogens is 500 g/mol. The molecule has 1 aromatic heterocycles. The van der Waals surface area contributed by atoms with Crippen LogP contribution < -0.4 is 10.6 Å². The maximum atomic E-state index is 13.5. The minimum atomic E-state index is -0.196. The van der Waals surface area contributed by atoms with E-state index in [9.17, 15) is 4.39 Å². The smallest absolute Gasteiger partial charge is 0.191 e. The van der Waals surface area contributed by atoms with Crippen LogP contribution in [0.25, 0.3) is 11.0 Å². The third-order valence-corrected chi connectivity index (χ3v) is 5.21. The van der Waals surface area contributed by atoms with Gasteiger partial charge in [-0.15, -0.1) is 24.0 Å². The Morgan fingerprint density at radius 3 is 2.72 bits per heavy atom. The minimum absolute atomic E-state index is 0. The van der Waals surface area contributed by atoms with Crippen molar-refractivity contribution >= 4 is 52.7 Å². The highest BCUT2D eigenvalue weighted by atomic mass is 127. The Labute approximate surface area is 192 Å². The molecule has 0 bridgehead atoms. The molecule has 3 rings (SSSR count). The lowest BCUT2D eigenvalue weighted by Crippen LogP contribution is -2.38. The summed E-state index contributed by atoms with van der Waals surface area (Å²) in [6, 6.07) is 13.1. The molecule has 0 aliphatic carbocycles. The number of benzene rings is 2. The van der Waals surface area contributed by atoms with Crippen LogP contribution in [0, 0.1) is 12.7 Å². The molecular formula is C21H27FIN5S. The van der Waals surface area contributed by atoms with Crippen LogP contribution in [0.15, 0.2) is 47.5 Å². The number of hydrogen-bond acceptors (Lipinski definition) is 3. The Bertz CT molecular complexity index is 973. The second-order valence-corrected chi connectivity index (χ2v) is 7.36.